The van der Waals surface area contributed by atoms with Gasteiger partial charge in [0.15, 0.2) is 0 Å². The van der Waals surface area contributed by atoms with E-state index in [-0.39, 0.29) is 17.7 Å². The minimum Gasteiger partial charge on any atom is -0.489 e. The molecule has 26 heavy (non-hydrogen) atoms. The van der Waals surface area contributed by atoms with Gasteiger partial charge in [0, 0.05) is 0 Å². The van der Waals surface area contributed by atoms with Crippen LogP contribution in [0.3, 0.4) is 0 Å². The largest absolute Gasteiger partial charge is 0.489 e. The summed E-state index contributed by atoms with van der Waals surface area (Å²) in [4.78, 5) is 25.4. The topological polar surface area (TPSA) is 46.6 Å². The van der Waals surface area contributed by atoms with Gasteiger partial charge in [-0.15, -0.1) is 6.42 Å². The van der Waals surface area contributed by atoms with Crippen molar-refractivity contribution in [1.82, 2.24) is 4.90 Å². The van der Waals surface area contributed by atoms with Crippen molar-refractivity contribution in [3.63, 3.8) is 0 Å². The minimum absolute atomic E-state index is 0.00621. The molecule has 2 aromatic carbocycles. The zero-order valence-corrected chi connectivity index (χ0v) is 15.1. The van der Waals surface area contributed by atoms with Gasteiger partial charge < -0.3 is 4.74 Å². The van der Waals surface area contributed by atoms with Crippen molar-refractivity contribution in [3.8, 4) is 18.1 Å². The fraction of sp³-hybridized carbons (Fsp3) is 0.143. The highest BCUT2D eigenvalue weighted by Crippen LogP contribution is 2.32. The maximum absolute atomic E-state index is 12.2. The fourth-order valence-electron chi connectivity index (χ4n) is 2.51. The molecule has 1 fully saturated rings. The normalized spacial score (nSPS) is 15.4. The van der Waals surface area contributed by atoms with E-state index in [9.17, 15) is 9.59 Å². The molecule has 0 unspecified atom stereocenters. The third-order valence-electron chi connectivity index (χ3n) is 3.79. The van der Waals surface area contributed by atoms with Crippen LogP contribution in [0.1, 0.15) is 16.7 Å². The molecule has 1 aliphatic heterocycles. The third-order valence-corrected chi connectivity index (χ3v) is 4.70. The number of carbonyl (C=O) groups is 2. The second kappa shape index (κ2) is 7.94. The summed E-state index contributed by atoms with van der Waals surface area (Å²) in [5.74, 6) is 2.71. The van der Waals surface area contributed by atoms with E-state index < -0.39 is 0 Å². The maximum Gasteiger partial charge on any atom is 0.294 e. The van der Waals surface area contributed by atoms with Crippen LogP contribution in [0.25, 0.3) is 6.08 Å². The van der Waals surface area contributed by atoms with Gasteiger partial charge in [0.05, 0.1) is 11.4 Å². The molecule has 0 atom stereocenters. The molecule has 0 saturated carbocycles. The number of amides is 2. The number of hydrogen-bond donors (Lipinski definition) is 0. The number of hydrogen-bond acceptors (Lipinski definition) is 4. The highest BCUT2D eigenvalue weighted by atomic mass is 32.2. The minimum atomic E-state index is -0.349. The van der Waals surface area contributed by atoms with Gasteiger partial charge in [-0.2, -0.15) is 0 Å². The Hall–Kier alpha value is -2.97. The Morgan fingerprint density at radius 3 is 2.65 bits per heavy atom. The van der Waals surface area contributed by atoms with Crippen LogP contribution in [-0.4, -0.2) is 22.6 Å². The van der Waals surface area contributed by atoms with E-state index in [0.29, 0.717) is 11.5 Å². The van der Waals surface area contributed by atoms with Crippen LogP contribution in [0.15, 0.2) is 53.4 Å². The molecular formula is C21H17NO3S. The van der Waals surface area contributed by atoms with Gasteiger partial charge in [0.1, 0.15) is 12.4 Å². The Bertz CT molecular complexity index is 910. The molecule has 0 radical (unpaired) electrons. The Balaban J connectivity index is 1.65. The molecule has 0 N–H and O–H groups in total. The Labute approximate surface area is 156 Å². The SMILES string of the molecule is C#CCN1C(=O)S/C(=C/c2ccc(OCc3cccc(C)c3)cc2)C1=O. The van der Waals surface area contributed by atoms with Crippen molar-refractivity contribution < 1.29 is 14.3 Å². The van der Waals surface area contributed by atoms with Gasteiger partial charge >= 0.3 is 0 Å². The molecule has 0 aliphatic carbocycles. The van der Waals surface area contributed by atoms with Crippen LogP contribution in [0.2, 0.25) is 0 Å². The fourth-order valence-corrected chi connectivity index (χ4v) is 3.35. The molecule has 130 valence electrons. The van der Waals surface area contributed by atoms with E-state index in [4.69, 9.17) is 11.2 Å². The van der Waals surface area contributed by atoms with Gasteiger partial charge in [-0.05, 0) is 48.0 Å². The van der Waals surface area contributed by atoms with E-state index in [1.54, 1.807) is 6.08 Å². The van der Waals surface area contributed by atoms with Crippen LogP contribution in [-0.2, 0) is 11.4 Å². The lowest BCUT2D eigenvalue weighted by Crippen LogP contribution is -2.28. The quantitative estimate of drug-likeness (QED) is 0.589. The van der Waals surface area contributed by atoms with Crippen LogP contribution in [0.4, 0.5) is 4.79 Å². The Morgan fingerprint density at radius 1 is 1.19 bits per heavy atom. The van der Waals surface area contributed by atoms with Crippen LogP contribution >= 0.6 is 11.8 Å². The van der Waals surface area contributed by atoms with Gasteiger partial charge in [-0.1, -0.05) is 47.9 Å². The first-order valence-electron chi connectivity index (χ1n) is 8.04. The van der Waals surface area contributed by atoms with E-state index in [1.165, 1.54) is 5.56 Å². The van der Waals surface area contributed by atoms with E-state index >= 15 is 0 Å². The van der Waals surface area contributed by atoms with Crippen molar-refractivity contribution in [1.29, 1.82) is 0 Å². The number of aryl methyl sites for hydroxylation is 1. The lowest BCUT2D eigenvalue weighted by Gasteiger charge is -2.07. The van der Waals surface area contributed by atoms with Crippen molar-refractivity contribution in [2.24, 2.45) is 0 Å². The number of carbonyl (C=O) groups excluding carboxylic acids is 2. The summed E-state index contributed by atoms with van der Waals surface area (Å²) < 4.78 is 5.78. The molecule has 2 amide bonds. The van der Waals surface area contributed by atoms with Crippen LogP contribution in [0, 0.1) is 19.3 Å². The smallest absolute Gasteiger partial charge is 0.294 e. The van der Waals surface area contributed by atoms with Crippen LogP contribution in [0.5, 0.6) is 5.75 Å². The summed E-state index contributed by atoms with van der Waals surface area (Å²) >= 11 is 0.901. The first-order valence-corrected chi connectivity index (χ1v) is 8.86. The first kappa shape index (κ1) is 17.8. The molecular weight excluding hydrogens is 346 g/mol. The van der Waals surface area contributed by atoms with Gasteiger partial charge in [-0.3, -0.25) is 14.5 Å². The first-order chi connectivity index (χ1) is 12.6. The summed E-state index contributed by atoms with van der Waals surface area (Å²) in [6.45, 7) is 2.53. The molecule has 0 spiro atoms. The second-order valence-electron chi connectivity index (χ2n) is 5.82. The Kier molecular flexibility index (Phi) is 5.45. The van der Waals surface area contributed by atoms with Gasteiger partial charge in [0.2, 0.25) is 0 Å². The molecule has 1 aliphatic rings. The number of nitrogens with zero attached hydrogens (tertiary/aromatic N) is 1. The molecule has 5 heteroatoms. The summed E-state index contributed by atoms with van der Waals surface area (Å²) in [5.41, 5.74) is 3.12. The molecule has 3 rings (SSSR count). The summed E-state index contributed by atoms with van der Waals surface area (Å²) in [6, 6.07) is 15.5. The predicted octanol–water partition coefficient (Wildman–Crippen LogP) is 4.24. The molecule has 4 nitrogen and oxygen atoms in total. The number of rotatable bonds is 5. The third kappa shape index (κ3) is 4.16. The zero-order chi connectivity index (χ0) is 18.5. The van der Waals surface area contributed by atoms with Crippen molar-refractivity contribution in [3.05, 3.63) is 70.1 Å². The molecule has 2 aromatic rings. The number of terminal acetylenes is 1. The predicted molar refractivity (Wildman–Crippen MR) is 103 cm³/mol. The van der Waals surface area contributed by atoms with Crippen LogP contribution < -0.4 is 4.74 Å². The second-order valence-corrected chi connectivity index (χ2v) is 6.81. The van der Waals surface area contributed by atoms with Crippen molar-refractivity contribution in [2.45, 2.75) is 13.5 Å². The highest BCUT2D eigenvalue weighted by Gasteiger charge is 2.34. The van der Waals surface area contributed by atoms with Gasteiger partial charge in [0.25, 0.3) is 11.1 Å². The Morgan fingerprint density at radius 2 is 1.96 bits per heavy atom. The van der Waals surface area contributed by atoms with E-state index in [0.717, 1.165) is 33.5 Å². The average molecular weight is 363 g/mol. The number of ether oxygens (including phenoxy) is 1. The maximum atomic E-state index is 12.2. The van der Waals surface area contributed by atoms with E-state index in [2.05, 4.69) is 12.0 Å². The number of imide groups is 1. The molecule has 0 bridgehead atoms. The lowest BCUT2D eigenvalue weighted by atomic mass is 10.1. The summed E-state index contributed by atoms with van der Waals surface area (Å²) in [5, 5.41) is -0.336. The number of thioether (sulfide) groups is 1. The lowest BCUT2D eigenvalue weighted by molar-refractivity contribution is -0.122. The van der Waals surface area contributed by atoms with Gasteiger partial charge in [-0.25, -0.2) is 0 Å². The zero-order valence-electron chi connectivity index (χ0n) is 14.3. The highest BCUT2D eigenvalue weighted by molar-refractivity contribution is 8.18. The molecule has 1 saturated heterocycles. The average Bonchev–Trinajstić information content (AvgIpc) is 2.89. The molecule has 0 aromatic heterocycles. The number of benzene rings is 2. The monoisotopic (exact) mass is 363 g/mol. The van der Waals surface area contributed by atoms with Crippen molar-refractivity contribution >= 4 is 29.0 Å². The standard InChI is InChI=1S/C21H17NO3S/c1-3-11-22-20(23)19(26-21(22)24)13-16-7-9-18(10-8-16)25-14-17-6-4-5-15(2)12-17/h1,4-10,12-13H,11,14H2,2H3/b19-13+. The van der Waals surface area contributed by atoms with E-state index in [1.807, 2.05) is 49.4 Å². The van der Waals surface area contributed by atoms with Crippen molar-refractivity contribution in [2.75, 3.05) is 6.54 Å². The summed E-state index contributed by atoms with van der Waals surface area (Å²) in [7, 11) is 0. The summed E-state index contributed by atoms with van der Waals surface area (Å²) in [6.07, 6.45) is 6.87. The molecule has 1 heterocycles.